The Kier molecular flexibility index (Phi) is 3.74. The molecular formula is C18H15NO3. The fraction of sp³-hybridized carbons (Fsp3) is 0.111. The van der Waals surface area contributed by atoms with Crippen molar-refractivity contribution in [2.75, 3.05) is 7.11 Å². The highest BCUT2D eigenvalue weighted by atomic mass is 16.6. The van der Waals surface area contributed by atoms with E-state index in [0.29, 0.717) is 11.6 Å². The topological polar surface area (TPSA) is 47.9 Å². The van der Waals surface area contributed by atoms with Crippen molar-refractivity contribution < 1.29 is 14.3 Å². The summed E-state index contributed by atoms with van der Waals surface area (Å²) in [6.45, 7) is 1.86. The zero-order chi connectivity index (χ0) is 15.5. The van der Waals surface area contributed by atoms with Crippen LogP contribution in [-0.4, -0.2) is 19.0 Å². The van der Waals surface area contributed by atoms with Gasteiger partial charge in [0.15, 0.2) is 5.70 Å². The molecule has 2 aromatic rings. The molecule has 0 amide bonds. The van der Waals surface area contributed by atoms with Gasteiger partial charge in [0.05, 0.1) is 7.11 Å². The van der Waals surface area contributed by atoms with Crippen LogP contribution < -0.4 is 4.74 Å². The van der Waals surface area contributed by atoms with Crippen LogP contribution in [0.3, 0.4) is 0 Å². The summed E-state index contributed by atoms with van der Waals surface area (Å²) in [7, 11) is 1.62. The molecule has 0 spiro atoms. The lowest BCUT2D eigenvalue weighted by atomic mass is 10.1. The van der Waals surface area contributed by atoms with Crippen LogP contribution in [0.5, 0.6) is 5.75 Å². The molecule has 1 aliphatic rings. The number of benzene rings is 2. The van der Waals surface area contributed by atoms with Gasteiger partial charge in [-0.1, -0.05) is 30.3 Å². The Morgan fingerprint density at radius 2 is 1.73 bits per heavy atom. The van der Waals surface area contributed by atoms with E-state index in [-0.39, 0.29) is 0 Å². The van der Waals surface area contributed by atoms with Gasteiger partial charge in [-0.2, -0.15) is 0 Å². The van der Waals surface area contributed by atoms with Crippen LogP contribution >= 0.6 is 0 Å². The van der Waals surface area contributed by atoms with E-state index in [4.69, 9.17) is 9.47 Å². The number of allylic oxidation sites excluding steroid dienone is 1. The highest BCUT2D eigenvalue weighted by molar-refractivity contribution is 6.14. The van der Waals surface area contributed by atoms with Gasteiger partial charge in [0.2, 0.25) is 5.90 Å². The number of nitrogens with zero attached hydrogens (tertiary/aromatic N) is 1. The van der Waals surface area contributed by atoms with E-state index in [1.165, 1.54) is 0 Å². The first kappa shape index (κ1) is 14.1. The fourth-order valence-corrected chi connectivity index (χ4v) is 2.23. The van der Waals surface area contributed by atoms with Gasteiger partial charge in [0.1, 0.15) is 5.75 Å². The van der Waals surface area contributed by atoms with Gasteiger partial charge in [-0.3, -0.25) is 0 Å². The van der Waals surface area contributed by atoms with Gasteiger partial charge in [-0.25, -0.2) is 9.79 Å². The Morgan fingerprint density at radius 3 is 2.36 bits per heavy atom. The second kappa shape index (κ2) is 5.85. The number of methoxy groups -OCH3 is 1. The van der Waals surface area contributed by atoms with Crippen LogP contribution in [-0.2, 0) is 9.53 Å². The zero-order valence-electron chi connectivity index (χ0n) is 12.4. The molecule has 0 atom stereocenters. The zero-order valence-corrected chi connectivity index (χ0v) is 12.4. The van der Waals surface area contributed by atoms with Crippen molar-refractivity contribution in [3.8, 4) is 5.75 Å². The van der Waals surface area contributed by atoms with E-state index < -0.39 is 5.97 Å². The van der Waals surface area contributed by atoms with Crippen LogP contribution in [0.25, 0.3) is 5.57 Å². The lowest BCUT2D eigenvalue weighted by Crippen LogP contribution is -2.05. The van der Waals surface area contributed by atoms with Crippen molar-refractivity contribution in [1.82, 2.24) is 0 Å². The molecule has 110 valence electrons. The first-order valence-corrected chi connectivity index (χ1v) is 6.90. The molecule has 0 bridgehead atoms. The van der Waals surface area contributed by atoms with Gasteiger partial charge in [-0.05, 0) is 42.3 Å². The highest BCUT2D eigenvalue weighted by Crippen LogP contribution is 2.26. The first-order chi connectivity index (χ1) is 10.7. The van der Waals surface area contributed by atoms with Crippen LogP contribution in [0.15, 0.2) is 65.3 Å². The summed E-state index contributed by atoms with van der Waals surface area (Å²) in [6.07, 6.45) is 0. The molecule has 0 radical (unpaired) electrons. The number of hydrogen-bond donors (Lipinski definition) is 0. The highest BCUT2D eigenvalue weighted by Gasteiger charge is 2.26. The molecule has 4 heteroatoms. The van der Waals surface area contributed by atoms with E-state index in [9.17, 15) is 4.79 Å². The Labute approximate surface area is 128 Å². The Balaban J connectivity index is 1.98. The Morgan fingerprint density at radius 1 is 1.05 bits per heavy atom. The summed E-state index contributed by atoms with van der Waals surface area (Å²) in [5.41, 5.74) is 2.81. The first-order valence-electron chi connectivity index (χ1n) is 6.90. The third kappa shape index (κ3) is 2.63. The molecule has 22 heavy (non-hydrogen) atoms. The summed E-state index contributed by atoms with van der Waals surface area (Å²) >= 11 is 0. The molecular weight excluding hydrogens is 278 g/mol. The molecule has 0 saturated carbocycles. The Hall–Kier alpha value is -2.88. The van der Waals surface area contributed by atoms with Crippen molar-refractivity contribution in [3.05, 3.63) is 71.4 Å². The number of ether oxygens (including phenoxy) is 2. The average molecular weight is 293 g/mol. The van der Waals surface area contributed by atoms with E-state index >= 15 is 0 Å². The average Bonchev–Trinajstić information content (AvgIpc) is 2.97. The monoisotopic (exact) mass is 293 g/mol. The Bertz CT molecular complexity index is 759. The van der Waals surface area contributed by atoms with Crippen LogP contribution in [0, 0.1) is 0 Å². The number of aliphatic imine (C=N–C) groups is 1. The van der Waals surface area contributed by atoms with E-state index in [2.05, 4.69) is 4.99 Å². The molecule has 0 saturated heterocycles. The van der Waals surface area contributed by atoms with E-state index in [1.807, 2.05) is 61.5 Å². The SMILES string of the molecule is COc1ccc(/C(C)=C2\N=C(c3ccccc3)OC2=O)cc1. The molecule has 1 heterocycles. The third-order valence-electron chi connectivity index (χ3n) is 3.50. The van der Waals surface area contributed by atoms with Crippen LogP contribution in [0.1, 0.15) is 18.1 Å². The number of cyclic esters (lactones) is 1. The van der Waals surface area contributed by atoms with Gasteiger partial charge in [0.25, 0.3) is 0 Å². The number of esters is 1. The van der Waals surface area contributed by atoms with E-state index in [0.717, 1.165) is 22.4 Å². The second-order valence-corrected chi connectivity index (χ2v) is 4.87. The molecule has 0 N–H and O–H groups in total. The van der Waals surface area contributed by atoms with Gasteiger partial charge < -0.3 is 9.47 Å². The largest absolute Gasteiger partial charge is 0.497 e. The van der Waals surface area contributed by atoms with Gasteiger partial charge in [-0.15, -0.1) is 0 Å². The smallest absolute Gasteiger partial charge is 0.364 e. The summed E-state index contributed by atoms with van der Waals surface area (Å²) in [5, 5.41) is 0. The molecule has 3 rings (SSSR count). The maximum Gasteiger partial charge on any atom is 0.364 e. The summed E-state index contributed by atoms with van der Waals surface area (Å²) in [5.74, 6) is 0.685. The maximum absolute atomic E-state index is 12.1. The minimum Gasteiger partial charge on any atom is -0.497 e. The van der Waals surface area contributed by atoms with Crippen molar-refractivity contribution in [1.29, 1.82) is 0 Å². The normalized spacial score (nSPS) is 16.1. The summed E-state index contributed by atoms with van der Waals surface area (Å²) in [6, 6.07) is 16.9. The minimum absolute atomic E-state index is 0.337. The van der Waals surface area contributed by atoms with Gasteiger partial charge in [0, 0.05) is 5.56 Å². The molecule has 0 fully saturated rings. The molecule has 1 aliphatic heterocycles. The van der Waals surface area contributed by atoms with Gasteiger partial charge >= 0.3 is 5.97 Å². The number of rotatable bonds is 3. The molecule has 4 nitrogen and oxygen atoms in total. The predicted octanol–water partition coefficient (Wildman–Crippen LogP) is 3.43. The van der Waals surface area contributed by atoms with Crippen LogP contribution in [0.4, 0.5) is 0 Å². The number of carbonyl (C=O) groups excluding carboxylic acids is 1. The summed E-state index contributed by atoms with van der Waals surface area (Å²) in [4.78, 5) is 16.4. The molecule has 0 unspecified atom stereocenters. The predicted molar refractivity (Wildman–Crippen MR) is 84.7 cm³/mol. The molecule has 2 aromatic carbocycles. The minimum atomic E-state index is -0.424. The lowest BCUT2D eigenvalue weighted by molar-refractivity contribution is -0.129. The second-order valence-electron chi connectivity index (χ2n) is 4.87. The quantitative estimate of drug-likeness (QED) is 0.643. The molecule has 0 aromatic heterocycles. The standard InChI is InChI=1S/C18H15NO3/c1-12(13-8-10-15(21-2)11-9-13)16-18(20)22-17(19-16)14-6-4-3-5-7-14/h3-11H,1-2H3/b16-12-. The maximum atomic E-state index is 12.1. The summed E-state index contributed by atoms with van der Waals surface area (Å²) < 4.78 is 10.4. The van der Waals surface area contributed by atoms with Crippen molar-refractivity contribution in [3.63, 3.8) is 0 Å². The number of carbonyl (C=O) groups is 1. The molecule has 0 aliphatic carbocycles. The lowest BCUT2D eigenvalue weighted by Gasteiger charge is -2.04. The number of hydrogen-bond acceptors (Lipinski definition) is 4. The van der Waals surface area contributed by atoms with E-state index in [1.54, 1.807) is 7.11 Å². The van der Waals surface area contributed by atoms with Crippen molar-refractivity contribution >= 4 is 17.4 Å². The fourth-order valence-electron chi connectivity index (χ4n) is 2.23. The van der Waals surface area contributed by atoms with Crippen molar-refractivity contribution in [2.24, 2.45) is 4.99 Å². The van der Waals surface area contributed by atoms with Crippen molar-refractivity contribution in [2.45, 2.75) is 6.92 Å². The van der Waals surface area contributed by atoms with Crippen LogP contribution in [0.2, 0.25) is 0 Å². The third-order valence-corrected chi connectivity index (χ3v) is 3.50.